The molecule has 3 N–H and O–H groups in total. The van der Waals surface area contributed by atoms with E-state index in [0.29, 0.717) is 0 Å². The molecule has 1 aromatic heterocycles. The predicted molar refractivity (Wildman–Crippen MR) is 72.6 cm³/mol. The van der Waals surface area contributed by atoms with Crippen molar-refractivity contribution in [3.8, 4) is 0 Å². The number of carbonyl (C=O) groups excluding carboxylic acids is 1. The summed E-state index contributed by atoms with van der Waals surface area (Å²) in [7, 11) is 0. The number of thiazole rings is 1. The maximum absolute atomic E-state index is 11.7. The maximum Gasteiger partial charge on any atom is 0.315 e. The van der Waals surface area contributed by atoms with Crippen LogP contribution < -0.4 is 10.6 Å². The monoisotopic (exact) mass is 271 g/mol. The summed E-state index contributed by atoms with van der Waals surface area (Å²) in [4.78, 5) is 16.1. The average Bonchev–Trinajstić information content (AvgIpc) is 2.74. The van der Waals surface area contributed by atoms with Crippen LogP contribution in [0.2, 0.25) is 0 Å². The van der Waals surface area contributed by atoms with E-state index in [2.05, 4.69) is 15.6 Å². The minimum atomic E-state index is -0.233. The zero-order valence-electron chi connectivity index (χ0n) is 11.2. The first-order valence-electron chi connectivity index (χ1n) is 6.04. The number of nitrogens with zero attached hydrogens (tertiary/aromatic N) is 1. The molecule has 0 aromatic carbocycles. The zero-order chi connectivity index (χ0) is 13.7. The average molecular weight is 271 g/mol. The minimum absolute atomic E-state index is 0.0353. The van der Waals surface area contributed by atoms with Crippen molar-refractivity contribution in [1.29, 1.82) is 0 Å². The predicted octanol–water partition coefficient (Wildman–Crippen LogP) is 1.83. The normalized spacial score (nSPS) is 15.8. The Balaban J connectivity index is 2.45. The van der Waals surface area contributed by atoms with Gasteiger partial charge in [-0.2, -0.15) is 0 Å². The van der Waals surface area contributed by atoms with Crippen LogP contribution in [0.1, 0.15) is 37.5 Å². The van der Waals surface area contributed by atoms with Crippen molar-refractivity contribution in [1.82, 2.24) is 15.6 Å². The number of hydrogen-bond donors (Lipinski definition) is 3. The molecule has 0 aliphatic heterocycles. The van der Waals surface area contributed by atoms with E-state index in [-0.39, 0.29) is 30.6 Å². The molecule has 0 fully saturated rings. The number of aliphatic hydroxyl groups excluding tert-OH is 1. The Morgan fingerprint density at radius 2 is 2.11 bits per heavy atom. The van der Waals surface area contributed by atoms with E-state index in [9.17, 15) is 4.79 Å². The molecule has 1 aromatic rings. The smallest absolute Gasteiger partial charge is 0.315 e. The van der Waals surface area contributed by atoms with Gasteiger partial charge in [-0.25, -0.2) is 9.78 Å². The van der Waals surface area contributed by atoms with E-state index in [1.807, 2.05) is 33.1 Å². The van der Waals surface area contributed by atoms with Crippen LogP contribution in [0, 0.1) is 12.8 Å². The summed E-state index contributed by atoms with van der Waals surface area (Å²) in [5, 5.41) is 17.5. The standard InChI is InChI=1S/C12H21N3O2S/c1-7(5-16)9(3)14-12(17)15-10(4)11-13-8(2)6-18-11/h6-7,9-10,16H,5H2,1-4H3,(H2,14,15,17). The largest absolute Gasteiger partial charge is 0.396 e. The summed E-state index contributed by atoms with van der Waals surface area (Å²) < 4.78 is 0. The topological polar surface area (TPSA) is 74.2 Å². The summed E-state index contributed by atoms with van der Waals surface area (Å²) in [6.07, 6.45) is 0. The van der Waals surface area contributed by atoms with E-state index < -0.39 is 0 Å². The Hall–Kier alpha value is -1.14. The molecule has 102 valence electrons. The van der Waals surface area contributed by atoms with Crippen LogP contribution in [0.3, 0.4) is 0 Å². The van der Waals surface area contributed by atoms with Gasteiger partial charge in [-0.15, -0.1) is 11.3 Å². The van der Waals surface area contributed by atoms with Crippen molar-refractivity contribution in [3.05, 3.63) is 16.1 Å². The number of aromatic nitrogens is 1. The number of carbonyl (C=O) groups is 1. The second-order valence-corrected chi connectivity index (χ2v) is 5.50. The van der Waals surface area contributed by atoms with Crippen molar-refractivity contribution in [2.24, 2.45) is 5.92 Å². The molecule has 3 atom stereocenters. The first kappa shape index (κ1) is 14.9. The highest BCUT2D eigenvalue weighted by atomic mass is 32.1. The molecule has 3 unspecified atom stereocenters. The van der Waals surface area contributed by atoms with Gasteiger partial charge in [0, 0.05) is 23.7 Å². The lowest BCUT2D eigenvalue weighted by Gasteiger charge is -2.20. The molecule has 0 spiro atoms. The fraction of sp³-hybridized carbons (Fsp3) is 0.667. The van der Waals surface area contributed by atoms with Gasteiger partial charge in [0.2, 0.25) is 0 Å². The number of urea groups is 1. The summed E-state index contributed by atoms with van der Waals surface area (Å²) >= 11 is 1.54. The van der Waals surface area contributed by atoms with Crippen molar-refractivity contribution in [2.75, 3.05) is 6.61 Å². The Morgan fingerprint density at radius 3 is 2.61 bits per heavy atom. The third-order valence-electron chi connectivity index (χ3n) is 2.86. The number of rotatable bonds is 5. The Kier molecular flexibility index (Phi) is 5.55. The fourth-order valence-corrected chi connectivity index (χ4v) is 2.18. The van der Waals surface area contributed by atoms with Crippen LogP contribution in [0.25, 0.3) is 0 Å². The van der Waals surface area contributed by atoms with Crippen LogP contribution in [-0.2, 0) is 0 Å². The van der Waals surface area contributed by atoms with E-state index >= 15 is 0 Å². The van der Waals surface area contributed by atoms with Crippen molar-refractivity contribution in [3.63, 3.8) is 0 Å². The van der Waals surface area contributed by atoms with Gasteiger partial charge in [-0.3, -0.25) is 0 Å². The van der Waals surface area contributed by atoms with Gasteiger partial charge in [0.25, 0.3) is 0 Å². The number of aryl methyl sites for hydroxylation is 1. The quantitative estimate of drug-likeness (QED) is 0.765. The van der Waals surface area contributed by atoms with Crippen molar-refractivity contribution in [2.45, 2.75) is 39.8 Å². The molecule has 0 aliphatic rings. The second kappa shape index (κ2) is 6.70. The zero-order valence-corrected chi connectivity index (χ0v) is 12.0. The Labute approximate surface area is 112 Å². The minimum Gasteiger partial charge on any atom is -0.396 e. The van der Waals surface area contributed by atoms with Crippen LogP contribution in [0.5, 0.6) is 0 Å². The van der Waals surface area contributed by atoms with E-state index in [4.69, 9.17) is 5.11 Å². The maximum atomic E-state index is 11.7. The van der Waals surface area contributed by atoms with Gasteiger partial charge >= 0.3 is 6.03 Å². The molecule has 2 amide bonds. The molecular formula is C12H21N3O2S. The number of hydrogen-bond acceptors (Lipinski definition) is 4. The molecule has 5 nitrogen and oxygen atoms in total. The molecule has 1 heterocycles. The van der Waals surface area contributed by atoms with Crippen LogP contribution in [0.4, 0.5) is 4.79 Å². The summed E-state index contributed by atoms with van der Waals surface area (Å²) in [5.41, 5.74) is 0.964. The highest BCUT2D eigenvalue weighted by Gasteiger charge is 2.16. The summed E-state index contributed by atoms with van der Waals surface area (Å²) in [6, 6.07) is -0.413. The van der Waals surface area contributed by atoms with E-state index in [1.165, 1.54) is 11.3 Å². The highest BCUT2D eigenvalue weighted by molar-refractivity contribution is 7.09. The third-order valence-corrected chi connectivity index (χ3v) is 4.00. The second-order valence-electron chi connectivity index (χ2n) is 4.62. The number of amides is 2. The summed E-state index contributed by atoms with van der Waals surface area (Å²) in [5.74, 6) is 0.0353. The van der Waals surface area contributed by atoms with E-state index in [0.717, 1.165) is 10.7 Å². The first-order valence-corrected chi connectivity index (χ1v) is 6.92. The molecule has 0 bridgehead atoms. The van der Waals surface area contributed by atoms with Crippen LogP contribution in [0.15, 0.2) is 5.38 Å². The Bertz CT molecular complexity index is 394. The first-order chi connectivity index (χ1) is 8.43. The molecule has 18 heavy (non-hydrogen) atoms. The Morgan fingerprint density at radius 1 is 1.44 bits per heavy atom. The highest BCUT2D eigenvalue weighted by Crippen LogP contribution is 2.17. The van der Waals surface area contributed by atoms with E-state index in [1.54, 1.807) is 0 Å². The van der Waals surface area contributed by atoms with Crippen molar-refractivity contribution < 1.29 is 9.90 Å². The fourth-order valence-electron chi connectivity index (χ4n) is 1.38. The van der Waals surface area contributed by atoms with Gasteiger partial charge in [-0.1, -0.05) is 6.92 Å². The van der Waals surface area contributed by atoms with Gasteiger partial charge < -0.3 is 15.7 Å². The molecule has 0 saturated heterocycles. The van der Waals surface area contributed by atoms with Gasteiger partial charge in [0.15, 0.2) is 0 Å². The van der Waals surface area contributed by atoms with Crippen molar-refractivity contribution >= 4 is 17.4 Å². The summed E-state index contributed by atoms with van der Waals surface area (Å²) in [6.45, 7) is 7.65. The van der Waals surface area contributed by atoms with Gasteiger partial charge in [0.05, 0.1) is 6.04 Å². The number of nitrogens with one attached hydrogen (secondary N) is 2. The lowest BCUT2D eigenvalue weighted by atomic mass is 10.1. The molecular weight excluding hydrogens is 250 g/mol. The van der Waals surface area contributed by atoms with Crippen LogP contribution >= 0.6 is 11.3 Å². The molecule has 0 radical (unpaired) electrons. The van der Waals surface area contributed by atoms with Gasteiger partial charge in [0.1, 0.15) is 5.01 Å². The molecule has 0 saturated carbocycles. The SMILES string of the molecule is Cc1csc(C(C)NC(=O)NC(C)C(C)CO)n1. The third kappa shape index (κ3) is 4.27. The molecule has 6 heteroatoms. The van der Waals surface area contributed by atoms with Crippen LogP contribution in [-0.4, -0.2) is 28.8 Å². The molecule has 1 rings (SSSR count). The molecule has 0 aliphatic carbocycles. The van der Waals surface area contributed by atoms with Gasteiger partial charge in [-0.05, 0) is 26.7 Å². The lowest BCUT2D eigenvalue weighted by Crippen LogP contribution is -2.44. The number of aliphatic hydroxyl groups is 1. The lowest BCUT2D eigenvalue weighted by molar-refractivity contribution is 0.199.